The quantitative estimate of drug-likeness (QED) is 0.362. The molecule has 4 aromatic rings. The van der Waals surface area contributed by atoms with Crippen molar-refractivity contribution in [2.75, 3.05) is 13.1 Å². The molecule has 0 saturated carbocycles. The van der Waals surface area contributed by atoms with E-state index < -0.39 is 29.0 Å². The molecule has 1 aromatic carbocycles. The number of aryl methyl sites for hydroxylation is 1. The molecule has 202 valence electrons. The van der Waals surface area contributed by atoms with Gasteiger partial charge in [0.25, 0.3) is 5.56 Å². The van der Waals surface area contributed by atoms with Gasteiger partial charge in [-0.3, -0.25) is 18.6 Å². The van der Waals surface area contributed by atoms with Gasteiger partial charge in [-0.1, -0.05) is 26.0 Å². The Labute approximate surface area is 216 Å². The van der Waals surface area contributed by atoms with Gasteiger partial charge in [-0.15, -0.1) is 0 Å². The van der Waals surface area contributed by atoms with Crippen molar-refractivity contribution in [2.45, 2.75) is 58.4 Å². The molecule has 0 amide bonds. The van der Waals surface area contributed by atoms with Crippen LogP contribution in [0.3, 0.4) is 0 Å². The number of H-pyrrole nitrogens is 1. The van der Waals surface area contributed by atoms with Crippen LogP contribution in [0.15, 0.2) is 46.2 Å². The second-order valence-corrected chi connectivity index (χ2v) is 9.70. The van der Waals surface area contributed by atoms with Crippen LogP contribution in [0.4, 0.5) is 13.2 Å². The summed E-state index contributed by atoms with van der Waals surface area (Å²) in [6.45, 7) is 5.98. The number of aromatic amines is 1. The van der Waals surface area contributed by atoms with Crippen LogP contribution in [-0.2, 0) is 19.3 Å². The second kappa shape index (κ2) is 10.2. The number of alkyl halides is 3. The third-order valence-electron chi connectivity index (χ3n) is 7.02. The van der Waals surface area contributed by atoms with Crippen LogP contribution in [0.25, 0.3) is 22.6 Å². The van der Waals surface area contributed by atoms with Crippen molar-refractivity contribution >= 4 is 11.2 Å². The zero-order valence-corrected chi connectivity index (χ0v) is 21.3. The predicted octanol–water partition coefficient (Wildman–Crippen LogP) is 3.79. The molecule has 4 heterocycles. The Kier molecular flexibility index (Phi) is 6.99. The minimum absolute atomic E-state index is 0.0397. The molecule has 0 aliphatic carbocycles. The number of fused-ring (bicyclic) bond motifs is 1. The molecule has 2 atom stereocenters. The molecular formula is C26H30F3N7O2. The van der Waals surface area contributed by atoms with Gasteiger partial charge in [-0.25, -0.2) is 9.78 Å². The third-order valence-corrected chi connectivity index (χ3v) is 7.02. The highest BCUT2D eigenvalue weighted by molar-refractivity contribution is 5.75. The number of nitrogens with one attached hydrogen (secondary N) is 2. The maximum atomic E-state index is 13.5. The molecule has 1 aliphatic rings. The van der Waals surface area contributed by atoms with Crippen LogP contribution in [0.5, 0.6) is 0 Å². The molecule has 1 fully saturated rings. The Hall–Kier alpha value is -3.67. The topological polar surface area (TPSA) is 103 Å². The summed E-state index contributed by atoms with van der Waals surface area (Å²) in [6.07, 6.45) is 0.973. The Morgan fingerprint density at radius 2 is 1.89 bits per heavy atom. The number of hydrogen-bond acceptors (Lipinski definition) is 5. The van der Waals surface area contributed by atoms with Crippen molar-refractivity contribution in [3.8, 4) is 11.4 Å². The van der Waals surface area contributed by atoms with Crippen LogP contribution in [-0.4, -0.2) is 42.0 Å². The smallest absolute Gasteiger partial charge is 0.332 e. The largest absolute Gasteiger partial charge is 0.416 e. The first-order valence-corrected chi connectivity index (χ1v) is 12.9. The summed E-state index contributed by atoms with van der Waals surface area (Å²) < 4.78 is 44.8. The van der Waals surface area contributed by atoms with E-state index in [1.165, 1.54) is 21.3 Å². The molecule has 5 rings (SSSR count). The van der Waals surface area contributed by atoms with E-state index in [1.807, 2.05) is 13.8 Å². The predicted molar refractivity (Wildman–Crippen MR) is 137 cm³/mol. The van der Waals surface area contributed by atoms with Crippen LogP contribution < -0.4 is 16.6 Å². The highest BCUT2D eigenvalue weighted by atomic mass is 19.4. The van der Waals surface area contributed by atoms with Crippen LogP contribution in [0.1, 0.15) is 50.3 Å². The van der Waals surface area contributed by atoms with Gasteiger partial charge in [0.1, 0.15) is 11.3 Å². The van der Waals surface area contributed by atoms with Gasteiger partial charge in [0, 0.05) is 25.8 Å². The molecule has 38 heavy (non-hydrogen) atoms. The van der Waals surface area contributed by atoms with E-state index in [4.69, 9.17) is 0 Å². The van der Waals surface area contributed by atoms with E-state index in [-0.39, 0.29) is 17.1 Å². The number of hydrogen-bond donors (Lipinski definition) is 2. The lowest BCUT2D eigenvalue weighted by Gasteiger charge is -2.25. The fourth-order valence-corrected chi connectivity index (χ4v) is 5.25. The Bertz CT molecular complexity index is 1560. The summed E-state index contributed by atoms with van der Waals surface area (Å²) in [6, 6.07) is 4.94. The van der Waals surface area contributed by atoms with Crippen molar-refractivity contribution in [1.82, 2.24) is 34.2 Å². The highest BCUT2D eigenvalue weighted by Crippen LogP contribution is 2.36. The van der Waals surface area contributed by atoms with E-state index in [9.17, 15) is 22.8 Å². The number of nitrogens with zero attached hydrogens (tertiary/aromatic N) is 5. The van der Waals surface area contributed by atoms with Gasteiger partial charge in [-0.05, 0) is 49.4 Å². The van der Waals surface area contributed by atoms with E-state index >= 15 is 0 Å². The second-order valence-electron chi connectivity index (χ2n) is 9.70. The Morgan fingerprint density at radius 3 is 2.58 bits per heavy atom. The molecule has 0 radical (unpaired) electrons. The number of imidazole rings is 1. The van der Waals surface area contributed by atoms with Gasteiger partial charge < -0.3 is 10.3 Å². The molecule has 0 spiro atoms. The van der Waals surface area contributed by atoms with Crippen molar-refractivity contribution in [2.24, 2.45) is 5.92 Å². The van der Waals surface area contributed by atoms with Gasteiger partial charge in [0.2, 0.25) is 0 Å². The maximum Gasteiger partial charge on any atom is 0.416 e. The summed E-state index contributed by atoms with van der Waals surface area (Å²) >= 11 is 0. The van der Waals surface area contributed by atoms with Crippen molar-refractivity contribution in [3.63, 3.8) is 0 Å². The molecule has 3 aromatic heterocycles. The molecule has 1 saturated heterocycles. The maximum absolute atomic E-state index is 13.5. The van der Waals surface area contributed by atoms with E-state index in [1.54, 1.807) is 23.1 Å². The molecule has 0 bridgehead atoms. The number of benzene rings is 1. The Balaban J connectivity index is 1.59. The fourth-order valence-electron chi connectivity index (χ4n) is 5.25. The van der Waals surface area contributed by atoms with Crippen molar-refractivity contribution < 1.29 is 13.2 Å². The van der Waals surface area contributed by atoms with Gasteiger partial charge in [-0.2, -0.15) is 18.3 Å². The number of halogens is 3. The summed E-state index contributed by atoms with van der Waals surface area (Å²) in [7, 11) is 0. The van der Waals surface area contributed by atoms with Gasteiger partial charge in [0.05, 0.1) is 23.4 Å². The molecule has 9 nitrogen and oxygen atoms in total. The standard InChI is InChI=1S/C26H30F3N7O2/c1-3-10-34-23-20(24(37)35(11-4-2)25(34)38)32-22(33-23)18-14-31-36(15-18)21(17-8-9-30-13-17)16-6-5-7-19(12-16)26(27,28)29/h5-7,12,14-15,17,21,30H,3-4,8-11,13H2,1-2H3,(H,32,33). The average Bonchev–Trinajstić information content (AvgIpc) is 3.66. The fraction of sp³-hybridized carbons (Fsp3) is 0.462. The Morgan fingerprint density at radius 1 is 1.13 bits per heavy atom. The summed E-state index contributed by atoms with van der Waals surface area (Å²) in [5, 5.41) is 7.80. The lowest BCUT2D eigenvalue weighted by Crippen LogP contribution is -2.40. The number of aromatic nitrogens is 6. The lowest BCUT2D eigenvalue weighted by atomic mass is 9.91. The zero-order chi connectivity index (χ0) is 27.0. The van der Waals surface area contributed by atoms with Gasteiger partial charge in [0.15, 0.2) is 5.65 Å². The minimum atomic E-state index is -4.45. The molecular weight excluding hydrogens is 499 g/mol. The summed E-state index contributed by atoms with van der Waals surface area (Å²) in [5.74, 6) is 0.409. The SMILES string of the molecule is CCCn1c(=O)c2[nH]c(-c3cnn(C(c4cccc(C(F)(F)F)c4)C4CCNC4)c3)nc2n(CCC)c1=O. The summed E-state index contributed by atoms with van der Waals surface area (Å²) in [4.78, 5) is 33.7. The molecule has 2 unspecified atom stereocenters. The summed E-state index contributed by atoms with van der Waals surface area (Å²) in [5.41, 5.74) is 0.0958. The first-order valence-electron chi connectivity index (χ1n) is 12.9. The van der Waals surface area contributed by atoms with Crippen LogP contribution in [0, 0.1) is 5.92 Å². The molecule has 12 heteroatoms. The highest BCUT2D eigenvalue weighted by Gasteiger charge is 2.34. The zero-order valence-electron chi connectivity index (χ0n) is 21.3. The van der Waals surface area contributed by atoms with Crippen LogP contribution in [0.2, 0.25) is 0 Å². The third kappa shape index (κ3) is 4.68. The first-order chi connectivity index (χ1) is 18.2. The van der Waals surface area contributed by atoms with E-state index in [2.05, 4.69) is 20.4 Å². The number of rotatable bonds is 8. The first kappa shape index (κ1) is 26.0. The monoisotopic (exact) mass is 529 g/mol. The normalized spacial score (nSPS) is 16.9. The van der Waals surface area contributed by atoms with E-state index in [0.717, 1.165) is 19.0 Å². The minimum Gasteiger partial charge on any atom is -0.332 e. The van der Waals surface area contributed by atoms with Crippen molar-refractivity contribution in [3.05, 3.63) is 68.6 Å². The lowest BCUT2D eigenvalue weighted by molar-refractivity contribution is -0.137. The average molecular weight is 530 g/mol. The molecule has 2 N–H and O–H groups in total. The van der Waals surface area contributed by atoms with Crippen molar-refractivity contribution in [1.29, 1.82) is 0 Å². The van der Waals surface area contributed by atoms with Gasteiger partial charge >= 0.3 is 11.9 Å². The van der Waals surface area contributed by atoms with E-state index in [0.29, 0.717) is 49.4 Å². The van der Waals surface area contributed by atoms with Crippen LogP contribution >= 0.6 is 0 Å². The molecule has 1 aliphatic heterocycles.